The molecule has 1 aliphatic heterocycles. The quantitative estimate of drug-likeness (QED) is 0.706. The van der Waals surface area contributed by atoms with E-state index in [0.717, 1.165) is 36.5 Å². The van der Waals surface area contributed by atoms with E-state index in [2.05, 4.69) is 22.2 Å². The van der Waals surface area contributed by atoms with Gasteiger partial charge in [0.05, 0.1) is 23.4 Å². The summed E-state index contributed by atoms with van der Waals surface area (Å²) in [7, 11) is 1.65. The average Bonchev–Trinajstić information content (AvgIpc) is 3.08. The van der Waals surface area contributed by atoms with Gasteiger partial charge in [0.1, 0.15) is 17.2 Å². The predicted octanol–water partition coefficient (Wildman–Crippen LogP) is 3.97. The number of halogens is 1. The maximum Gasteiger partial charge on any atom is 0.175 e. The van der Waals surface area contributed by atoms with Gasteiger partial charge >= 0.3 is 0 Å². The van der Waals surface area contributed by atoms with Crippen molar-refractivity contribution in [1.29, 1.82) is 0 Å². The maximum absolute atomic E-state index is 10.2. The van der Waals surface area contributed by atoms with E-state index in [0.29, 0.717) is 17.9 Å². The van der Waals surface area contributed by atoms with E-state index in [1.807, 2.05) is 12.1 Å². The molecule has 0 saturated carbocycles. The highest BCUT2D eigenvalue weighted by atomic mass is 35.5. The first-order valence-electron chi connectivity index (χ1n) is 8.59. The molecular weight excluding hydrogens is 368 g/mol. The van der Waals surface area contributed by atoms with Gasteiger partial charge in [-0.1, -0.05) is 28.9 Å². The normalized spacial score (nSPS) is 14.1. The van der Waals surface area contributed by atoms with E-state index >= 15 is 0 Å². The Morgan fingerprint density at radius 3 is 2.70 bits per heavy atom. The van der Waals surface area contributed by atoms with Crippen LogP contribution in [-0.2, 0) is 19.5 Å². The van der Waals surface area contributed by atoms with Crippen LogP contribution in [0.3, 0.4) is 0 Å². The van der Waals surface area contributed by atoms with Gasteiger partial charge in [0.2, 0.25) is 0 Å². The summed E-state index contributed by atoms with van der Waals surface area (Å²) in [6.45, 7) is 2.31. The first kappa shape index (κ1) is 17.7. The zero-order valence-electron chi connectivity index (χ0n) is 14.8. The van der Waals surface area contributed by atoms with Crippen molar-refractivity contribution in [2.24, 2.45) is 0 Å². The lowest BCUT2D eigenvalue weighted by molar-refractivity contribution is 0.244. The van der Waals surface area contributed by atoms with E-state index in [-0.39, 0.29) is 16.5 Å². The number of ether oxygens (including phenoxy) is 1. The van der Waals surface area contributed by atoms with Crippen LogP contribution in [0.15, 0.2) is 40.9 Å². The van der Waals surface area contributed by atoms with Gasteiger partial charge in [-0.15, -0.1) is 0 Å². The van der Waals surface area contributed by atoms with Crippen molar-refractivity contribution in [3.05, 3.63) is 58.2 Å². The van der Waals surface area contributed by atoms with Gasteiger partial charge in [0.25, 0.3) is 0 Å². The lowest BCUT2D eigenvalue weighted by Gasteiger charge is -2.26. The summed E-state index contributed by atoms with van der Waals surface area (Å²) in [6.07, 6.45) is 0.765. The standard InChI is InChI=1S/C20H19ClN2O4/c1-26-13-4-2-12(3-5-13)10-23-7-6-17-15(11-23)20(27-22-17)14-8-16(21)19(25)9-18(14)24/h2-5,8-9,24-25H,6-7,10-11H2,1H3. The van der Waals surface area contributed by atoms with Crippen LogP contribution in [0.5, 0.6) is 17.2 Å². The lowest BCUT2D eigenvalue weighted by Crippen LogP contribution is -2.29. The minimum Gasteiger partial charge on any atom is -0.507 e. The molecule has 0 saturated heterocycles. The summed E-state index contributed by atoms with van der Waals surface area (Å²) in [6, 6.07) is 10.7. The van der Waals surface area contributed by atoms with Crippen molar-refractivity contribution in [2.45, 2.75) is 19.5 Å². The van der Waals surface area contributed by atoms with Crippen LogP contribution in [0.1, 0.15) is 16.8 Å². The average molecular weight is 387 g/mol. The van der Waals surface area contributed by atoms with E-state index < -0.39 is 0 Å². The molecule has 2 aromatic carbocycles. The molecule has 6 nitrogen and oxygen atoms in total. The van der Waals surface area contributed by atoms with Crippen LogP contribution < -0.4 is 4.74 Å². The van der Waals surface area contributed by atoms with Crippen LogP contribution >= 0.6 is 11.6 Å². The topological polar surface area (TPSA) is 79.0 Å². The van der Waals surface area contributed by atoms with Gasteiger partial charge in [-0.25, -0.2) is 0 Å². The number of methoxy groups -OCH3 is 1. The van der Waals surface area contributed by atoms with Crippen molar-refractivity contribution in [1.82, 2.24) is 10.1 Å². The number of aromatic hydroxyl groups is 2. The summed E-state index contributed by atoms with van der Waals surface area (Å²) in [5.74, 6) is 1.06. The van der Waals surface area contributed by atoms with Crippen molar-refractivity contribution >= 4 is 11.6 Å². The van der Waals surface area contributed by atoms with E-state index in [4.69, 9.17) is 20.9 Å². The zero-order valence-corrected chi connectivity index (χ0v) is 15.5. The molecule has 0 radical (unpaired) electrons. The van der Waals surface area contributed by atoms with Crippen LogP contribution in [0.2, 0.25) is 5.02 Å². The summed E-state index contributed by atoms with van der Waals surface area (Å²) in [4.78, 5) is 2.30. The number of phenolic OH excluding ortho intramolecular Hbond substituents is 2. The van der Waals surface area contributed by atoms with Gasteiger partial charge in [-0.2, -0.15) is 0 Å². The number of fused-ring (bicyclic) bond motifs is 1. The molecule has 2 N–H and O–H groups in total. The Hall–Kier alpha value is -2.70. The molecule has 7 heteroatoms. The minimum absolute atomic E-state index is 0.0943. The number of rotatable bonds is 4. The Morgan fingerprint density at radius 1 is 1.19 bits per heavy atom. The van der Waals surface area contributed by atoms with Gasteiger partial charge in [0, 0.05) is 37.7 Å². The molecule has 3 aromatic rings. The number of nitrogens with zero attached hydrogens (tertiary/aromatic N) is 2. The summed E-state index contributed by atoms with van der Waals surface area (Å²) in [5, 5.41) is 24.2. The van der Waals surface area contributed by atoms with E-state index in [1.165, 1.54) is 17.7 Å². The molecule has 0 atom stereocenters. The molecule has 1 aliphatic rings. The summed E-state index contributed by atoms with van der Waals surface area (Å²) < 4.78 is 10.7. The molecule has 4 rings (SSSR count). The molecular formula is C20H19ClN2O4. The second-order valence-corrected chi connectivity index (χ2v) is 6.97. The molecule has 0 aliphatic carbocycles. The second kappa shape index (κ2) is 7.13. The van der Waals surface area contributed by atoms with Crippen LogP contribution in [0.4, 0.5) is 0 Å². The van der Waals surface area contributed by atoms with Gasteiger partial charge in [-0.3, -0.25) is 4.90 Å². The van der Waals surface area contributed by atoms with E-state index in [1.54, 1.807) is 7.11 Å². The molecule has 0 spiro atoms. The third-order valence-electron chi connectivity index (χ3n) is 4.79. The smallest absolute Gasteiger partial charge is 0.175 e. The molecule has 0 unspecified atom stereocenters. The molecule has 1 aromatic heterocycles. The minimum atomic E-state index is -0.174. The fraction of sp³-hybridized carbons (Fsp3) is 0.250. The Bertz CT molecular complexity index is 969. The first-order valence-corrected chi connectivity index (χ1v) is 8.97. The largest absolute Gasteiger partial charge is 0.507 e. The maximum atomic E-state index is 10.2. The fourth-order valence-electron chi connectivity index (χ4n) is 3.34. The van der Waals surface area contributed by atoms with Gasteiger partial charge < -0.3 is 19.5 Å². The number of hydrogen-bond donors (Lipinski definition) is 2. The van der Waals surface area contributed by atoms with Gasteiger partial charge in [-0.05, 0) is 23.8 Å². The van der Waals surface area contributed by atoms with Crippen LogP contribution in [0, 0.1) is 0 Å². The number of aromatic nitrogens is 1. The molecule has 27 heavy (non-hydrogen) atoms. The van der Waals surface area contributed by atoms with Crippen LogP contribution in [0.25, 0.3) is 11.3 Å². The monoisotopic (exact) mass is 386 g/mol. The molecule has 140 valence electrons. The Morgan fingerprint density at radius 2 is 1.96 bits per heavy atom. The molecule has 0 fully saturated rings. The van der Waals surface area contributed by atoms with Crippen LogP contribution in [-0.4, -0.2) is 33.9 Å². The Kier molecular flexibility index (Phi) is 4.68. The highest BCUT2D eigenvalue weighted by Crippen LogP contribution is 2.40. The lowest BCUT2D eigenvalue weighted by atomic mass is 10.0. The molecule has 0 bridgehead atoms. The fourth-order valence-corrected chi connectivity index (χ4v) is 3.50. The Labute approximate surface area is 161 Å². The van der Waals surface area contributed by atoms with Gasteiger partial charge in [0.15, 0.2) is 5.76 Å². The third-order valence-corrected chi connectivity index (χ3v) is 5.09. The third kappa shape index (κ3) is 3.46. The first-order chi connectivity index (χ1) is 13.0. The number of benzene rings is 2. The van der Waals surface area contributed by atoms with Crippen molar-refractivity contribution in [3.63, 3.8) is 0 Å². The highest BCUT2D eigenvalue weighted by molar-refractivity contribution is 6.32. The molecule has 2 heterocycles. The summed E-state index contributed by atoms with van der Waals surface area (Å²) in [5.41, 5.74) is 3.44. The SMILES string of the molecule is COc1ccc(CN2CCc3noc(-c4cc(Cl)c(O)cc4O)c3C2)cc1. The van der Waals surface area contributed by atoms with Crippen molar-refractivity contribution in [3.8, 4) is 28.6 Å². The number of phenols is 2. The zero-order chi connectivity index (χ0) is 19.0. The number of hydrogen-bond acceptors (Lipinski definition) is 6. The predicted molar refractivity (Wildman–Crippen MR) is 101 cm³/mol. The van der Waals surface area contributed by atoms with E-state index in [9.17, 15) is 10.2 Å². The second-order valence-electron chi connectivity index (χ2n) is 6.57. The highest BCUT2D eigenvalue weighted by Gasteiger charge is 2.26. The van der Waals surface area contributed by atoms with Crippen molar-refractivity contribution < 1.29 is 19.5 Å². The summed E-state index contributed by atoms with van der Waals surface area (Å²) >= 11 is 6.00. The Balaban J connectivity index is 1.59. The van der Waals surface area contributed by atoms with Crippen molar-refractivity contribution in [2.75, 3.05) is 13.7 Å². The molecule has 0 amide bonds.